The molecule has 0 aliphatic heterocycles. The minimum Gasteiger partial charge on any atom is -0.396 e. The molecule has 0 radical (unpaired) electrons. The highest BCUT2D eigenvalue weighted by molar-refractivity contribution is 5.92. The zero-order valence-corrected chi connectivity index (χ0v) is 9.29. The van der Waals surface area contributed by atoms with E-state index in [1.165, 1.54) is 0 Å². The van der Waals surface area contributed by atoms with Gasteiger partial charge in [-0.2, -0.15) is 5.10 Å². The van der Waals surface area contributed by atoms with Crippen molar-refractivity contribution in [1.82, 2.24) is 15.5 Å². The van der Waals surface area contributed by atoms with Crippen LogP contribution in [0.2, 0.25) is 0 Å². The number of aliphatic hydroxyl groups excluding tert-OH is 1. The molecule has 0 saturated heterocycles. The fourth-order valence-electron chi connectivity index (χ4n) is 1.00. The number of hydrogen-bond acceptors (Lipinski definition) is 3. The lowest BCUT2D eigenvalue weighted by atomic mass is 9.95. The van der Waals surface area contributed by atoms with Crippen molar-refractivity contribution in [3.63, 3.8) is 0 Å². The van der Waals surface area contributed by atoms with Crippen molar-refractivity contribution in [1.29, 1.82) is 0 Å². The van der Waals surface area contributed by atoms with Crippen LogP contribution >= 0.6 is 0 Å². The number of nitrogens with one attached hydrogen (secondary N) is 2. The molecule has 0 atom stereocenters. The molecule has 0 saturated carbocycles. The number of aromatic amines is 1. The van der Waals surface area contributed by atoms with Gasteiger partial charge in [0.05, 0.1) is 0 Å². The van der Waals surface area contributed by atoms with Gasteiger partial charge in [0.15, 0.2) is 0 Å². The molecule has 0 unspecified atom stereocenters. The standard InChI is InChI=1S/C10H17N3O2/c1-7-4-8(13-12-7)9(15)11-5-10(2,3)6-14/h4,14H,5-6H2,1-3H3,(H,11,15)(H,12,13). The molecule has 84 valence electrons. The minimum atomic E-state index is -0.305. The predicted octanol–water partition coefficient (Wildman–Crippen LogP) is 0.466. The van der Waals surface area contributed by atoms with E-state index >= 15 is 0 Å². The molecular weight excluding hydrogens is 194 g/mol. The number of aromatic nitrogens is 2. The molecule has 0 aliphatic carbocycles. The number of aliphatic hydroxyl groups is 1. The average Bonchev–Trinajstić information content (AvgIpc) is 2.61. The number of carbonyl (C=O) groups is 1. The fourth-order valence-corrected chi connectivity index (χ4v) is 1.00. The summed E-state index contributed by atoms with van der Waals surface area (Å²) in [5.74, 6) is -0.221. The normalized spacial score (nSPS) is 11.5. The number of aryl methyl sites for hydroxylation is 1. The van der Waals surface area contributed by atoms with Crippen LogP contribution < -0.4 is 5.32 Å². The molecule has 0 bridgehead atoms. The summed E-state index contributed by atoms with van der Waals surface area (Å²) < 4.78 is 0. The number of amides is 1. The topological polar surface area (TPSA) is 78.0 Å². The monoisotopic (exact) mass is 211 g/mol. The van der Waals surface area contributed by atoms with Crippen LogP contribution in [0.1, 0.15) is 30.0 Å². The molecule has 0 aliphatic rings. The molecule has 0 spiro atoms. The van der Waals surface area contributed by atoms with Crippen molar-refractivity contribution in [3.8, 4) is 0 Å². The lowest BCUT2D eigenvalue weighted by Gasteiger charge is -2.21. The third-order valence-electron chi connectivity index (χ3n) is 2.09. The first-order chi connectivity index (χ1) is 6.94. The summed E-state index contributed by atoms with van der Waals surface area (Å²) in [7, 11) is 0. The van der Waals surface area contributed by atoms with Gasteiger partial charge in [-0.1, -0.05) is 13.8 Å². The summed E-state index contributed by atoms with van der Waals surface area (Å²) in [5, 5.41) is 18.3. The number of H-pyrrole nitrogens is 1. The molecule has 1 aromatic rings. The Kier molecular flexibility index (Phi) is 3.47. The highest BCUT2D eigenvalue weighted by Crippen LogP contribution is 2.11. The summed E-state index contributed by atoms with van der Waals surface area (Å²) in [6.45, 7) is 6.05. The fraction of sp³-hybridized carbons (Fsp3) is 0.600. The zero-order chi connectivity index (χ0) is 11.5. The maximum Gasteiger partial charge on any atom is 0.271 e. The molecular formula is C10H17N3O2. The van der Waals surface area contributed by atoms with Crippen molar-refractivity contribution >= 4 is 5.91 Å². The second kappa shape index (κ2) is 4.44. The molecule has 1 heterocycles. The second-order valence-corrected chi connectivity index (χ2v) is 4.44. The number of rotatable bonds is 4. The van der Waals surface area contributed by atoms with Gasteiger partial charge >= 0.3 is 0 Å². The van der Waals surface area contributed by atoms with Crippen LogP contribution in [0.3, 0.4) is 0 Å². The number of carbonyl (C=O) groups excluding carboxylic acids is 1. The third-order valence-corrected chi connectivity index (χ3v) is 2.09. The Labute approximate surface area is 88.9 Å². The van der Waals surface area contributed by atoms with E-state index in [1.54, 1.807) is 6.07 Å². The van der Waals surface area contributed by atoms with E-state index in [4.69, 9.17) is 5.11 Å². The van der Waals surface area contributed by atoms with Gasteiger partial charge in [0.1, 0.15) is 5.69 Å². The van der Waals surface area contributed by atoms with Gasteiger partial charge in [-0.05, 0) is 13.0 Å². The minimum absolute atomic E-state index is 0.0346. The Morgan fingerprint density at radius 1 is 1.67 bits per heavy atom. The first-order valence-corrected chi connectivity index (χ1v) is 4.86. The molecule has 1 rings (SSSR count). The summed E-state index contributed by atoms with van der Waals surface area (Å²) >= 11 is 0. The van der Waals surface area contributed by atoms with Gasteiger partial charge in [0.2, 0.25) is 0 Å². The molecule has 0 fully saturated rings. The summed E-state index contributed by atoms with van der Waals surface area (Å²) in [6.07, 6.45) is 0. The Bertz CT molecular complexity index is 344. The van der Waals surface area contributed by atoms with Crippen molar-refractivity contribution in [2.24, 2.45) is 5.41 Å². The average molecular weight is 211 g/mol. The first-order valence-electron chi connectivity index (χ1n) is 4.86. The molecule has 5 nitrogen and oxygen atoms in total. The molecule has 0 aromatic carbocycles. The third kappa shape index (κ3) is 3.36. The number of nitrogens with zero attached hydrogens (tertiary/aromatic N) is 1. The summed E-state index contributed by atoms with van der Waals surface area (Å²) in [6, 6.07) is 1.68. The lowest BCUT2D eigenvalue weighted by Crippen LogP contribution is -2.36. The van der Waals surface area contributed by atoms with Gasteiger partial charge in [-0.25, -0.2) is 0 Å². The highest BCUT2D eigenvalue weighted by atomic mass is 16.3. The molecule has 15 heavy (non-hydrogen) atoms. The predicted molar refractivity (Wildman–Crippen MR) is 56.5 cm³/mol. The van der Waals surface area contributed by atoms with Gasteiger partial charge in [-0.15, -0.1) is 0 Å². The molecule has 1 aromatic heterocycles. The Morgan fingerprint density at radius 2 is 2.33 bits per heavy atom. The van der Waals surface area contributed by atoms with Crippen LogP contribution in [0.25, 0.3) is 0 Å². The van der Waals surface area contributed by atoms with Crippen molar-refractivity contribution in [2.45, 2.75) is 20.8 Å². The Hall–Kier alpha value is -1.36. The highest BCUT2D eigenvalue weighted by Gasteiger charge is 2.18. The molecule has 1 amide bonds. The van der Waals surface area contributed by atoms with Gasteiger partial charge in [0, 0.05) is 24.3 Å². The van der Waals surface area contributed by atoms with Gasteiger partial charge in [0.25, 0.3) is 5.91 Å². The van der Waals surface area contributed by atoms with Crippen molar-refractivity contribution in [3.05, 3.63) is 17.5 Å². The van der Waals surface area contributed by atoms with Crippen LogP contribution in [0.15, 0.2) is 6.07 Å². The Morgan fingerprint density at radius 3 is 2.80 bits per heavy atom. The van der Waals surface area contributed by atoms with Crippen LogP contribution in [0.4, 0.5) is 0 Å². The van der Waals surface area contributed by atoms with E-state index in [-0.39, 0.29) is 17.9 Å². The van der Waals surface area contributed by atoms with Gasteiger partial charge in [-0.3, -0.25) is 9.89 Å². The smallest absolute Gasteiger partial charge is 0.271 e. The van der Waals surface area contributed by atoms with Crippen LogP contribution in [0, 0.1) is 12.3 Å². The summed E-state index contributed by atoms with van der Waals surface area (Å²) in [4.78, 5) is 11.5. The van der Waals surface area contributed by atoms with E-state index in [2.05, 4.69) is 15.5 Å². The van der Waals surface area contributed by atoms with E-state index < -0.39 is 0 Å². The van der Waals surface area contributed by atoms with E-state index in [0.717, 1.165) is 5.69 Å². The largest absolute Gasteiger partial charge is 0.396 e. The quantitative estimate of drug-likeness (QED) is 0.677. The maximum atomic E-state index is 11.5. The zero-order valence-electron chi connectivity index (χ0n) is 9.29. The van der Waals surface area contributed by atoms with E-state index in [9.17, 15) is 4.79 Å². The lowest BCUT2D eigenvalue weighted by molar-refractivity contribution is 0.0906. The SMILES string of the molecule is Cc1cc(C(=O)NCC(C)(C)CO)n[nH]1. The maximum absolute atomic E-state index is 11.5. The van der Waals surface area contributed by atoms with Crippen LogP contribution in [0.5, 0.6) is 0 Å². The van der Waals surface area contributed by atoms with Gasteiger partial charge < -0.3 is 10.4 Å². The van der Waals surface area contributed by atoms with E-state index in [0.29, 0.717) is 12.2 Å². The summed E-state index contributed by atoms with van der Waals surface area (Å²) in [5.41, 5.74) is 0.920. The Balaban J connectivity index is 2.50. The number of hydrogen-bond donors (Lipinski definition) is 3. The van der Waals surface area contributed by atoms with Crippen molar-refractivity contribution in [2.75, 3.05) is 13.2 Å². The van der Waals surface area contributed by atoms with Crippen LogP contribution in [-0.4, -0.2) is 34.4 Å². The molecule has 5 heteroatoms. The first kappa shape index (κ1) is 11.7. The van der Waals surface area contributed by atoms with E-state index in [1.807, 2.05) is 20.8 Å². The second-order valence-electron chi connectivity index (χ2n) is 4.44. The van der Waals surface area contributed by atoms with Crippen molar-refractivity contribution < 1.29 is 9.90 Å². The van der Waals surface area contributed by atoms with Crippen LogP contribution in [-0.2, 0) is 0 Å². The molecule has 3 N–H and O–H groups in total.